The Balaban J connectivity index is 3.20. The van der Waals surface area contributed by atoms with E-state index in [9.17, 15) is 10.5 Å². The first-order chi connectivity index (χ1) is 7.41. The normalized spacial score (nSPS) is 17.4. The van der Waals surface area contributed by atoms with Crippen LogP contribution in [0.5, 0.6) is 0 Å². The summed E-state index contributed by atoms with van der Waals surface area (Å²) >= 11 is -10.5. The van der Waals surface area contributed by atoms with Gasteiger partial charge in [-0.1, -0.05) is 0 Å². The van der Waals surface area contributed by atoms with Gasteiger partial charge in [-0.25, -0.2) is 0 Å². The molecule has 0 amide bonds. The summed E-state index contributed by atoms with van der Waals surface area (Å²) in [5.74, 6) is 0. The molecule has 3 nitrogen and oxygen atoms in total. The van der Waals surface area contributed by atoms with E-state index in [1.54, 1.807) is 0 Å². The van der Waals surface area contributed by atoms with Crippen LogP contribution in [0.3, 0.4) is 0 Å². The average Bonchev–Trinajstić information content (AvgIpc) is 2.70. The zero-order valence-electron chi connectivity index (χ0n) is 9.22. The van der Waals surface area contributed by atoms with Gasteiger partial charge < -0.3 is 0 Å². The summed E-state index contributed by atoms with van der Waals surface area (Å²) in [4.78, 5) is 0. The minimum atomic E-state index is -6.35. The third kappa shape index (κ3) is 2.69. The van der Waals surface area contributed by atoms with Crippen LogP contribution in [-0.2, 0) is 30.0 Å². The fraction of sp³-hybridized carbons (Fsp3) is 0.500. The van der Waals surface area contributed by atoms with Crippen LogP contribution in [0.4, 0.5) is 10.5 Å². The Hall–Kier alpha value is 0.576. The number of hydrogen-bond acceptors (Lipinski definition) is 3. The quantitative estimate of drug-likeness (QED) is 0.688. The van der Waals surface area contributed by atoms with Crippen LogP contribution >= 0.6 is 0 Å². The second kappa shape index (κ2) is 5.48. The molecule has 0 unspecified atom stereocenters. The van der Waals surface area contributed by atoms with Crippen molar-refractivity contribution in [2.45, 2.75) is 6.42 Å². The molecule has 1 aliphatic rings. The van der Waals surface area contributed by atoms with Gasteiger partial charge in [-0.05, 0) is 0 Å². The van der Waals surface area contributed by atoms with Gasteiger partial charge in [-0.2, -0.15) is 0 Å². The monoisotopic (exact) mass is 378 g/mol. The maximum absolute atomic E-state index is 12.9. The van der Waals surface area contributed by atoms with Crippen molar-refractivity contribution < 1.29 is 40.5 Å². The third-order valence-electron chi connectivity index (χ3n) is 2.41. The van der Waals surface area contributed by atoms with Gasteiger partial charge >= 0.3 is 103 Å². The molecule has 1 aliphatic carbocycles. The molecule has 0 aromatic carbocycles. The van der Waals surface area contributed by atoms with E-state index in [0.717, 1.165) is 6.08 Å². The molecule has 1 rings (SSSR count). The van der Waals surface area contributed by atoms with Crippen molar-refractivity contribution in [2.24, 2.45) is 0 Å². The Labute approximate surface area is 102 Å². The molecule has 0 heterocycles. The van der Waals surface area contributed by atoms with Gasteiger partial charge in [-0.15, -0.1) is 0 Å². The molecule has 0 bridgehead atoms. The summed E-state index contributed by atoms with van der Waals surface area (Å²) in [6, 6.07) is 0. The Kier molecular flexibility index (Phi) is 5.01. The van der Waals surface area contributed by atoms with Crippen LogP contribution in [0.2, 0.25) is 0 Å². The fourth-order valence-corrected chi connectivity index (χ4v) is 11.9. The first-order valence-corrected chi connectivity index (χ1v) is 12.2. The van der Waals surface area contributed by atoms with Gasteiger partial charge in [0.1, 0.15) is 0 Å². The second-order valence-corrected chi connectivity index (χ2v) is 13.6. The van der Waals surface area contributed by atoms with Gasteiger partial charge in [0.25, 0.3) is 0 Å². The van der Waals surface area contributed by atoms with Crippen LogP contribution in [0.25, 0.3) is 0 Å². The van der Waals surface area contributed by atoms with E-state index >= 15 is 0 Å². The summed E-state index contributed by atoms with van der Waals surface area (Å²) in [7, 11) is 4.03. The predicted molar refractivity (Wildman–Crippen MR) is 50.9 cm³/mol. The summed E-state index contributed by atoms with van der Waals surface area (Å²) in [5, 5.41) is 0. The maximum atomic E-state index is 12.9. The summed E-state index contributed by atoms with van der Waals surface area (Å²) in [6.07, 6.45) is 2.86. The van der Waals surface area contributed by atoms with Gasteiger partial charge in [0, 0.05) is 0 Å². The van der Waals surface area contributed by atoms with Crippen molar-refractivity contribution in [3.8, 4) is 0 Å². The summed E-state index contributed by atoms with van der Waals surface area (Å²) in [6.45, 7) is 0. The molecular weight excluding hydrogens is 365 g/mol. The molecule has 0 saturated heterocycles. The van der Waals surface area contributed by atoms with Crippen molar-refractivity contribution in [3.05, 3.63) is 19.8 Å². The summed E-state index contributed by atoms with van der Waals surface area (Å²) < 4.78 is 53.8. The van der Waals surface area contributed by atoms with Crippen molar-refractivity contribution in [3.63, 3.8) is 0 Å². The van der Waals surface area contributed by atoms with Crippen LogP contribution < -0.4 is 0 Å². The van der Waals surface area contributed by atoms with Gasteiger partial charge in [0.15, 0.2) is 0 Å². The van der Waals surface area contributed by atoms with Gasteiger partial charge in [-0.3, -0.25) is 0 Å². The molecule has 0 saturated carbocycles. The first kappa shape index (κ1) is 14.6. The van der Waals surface area contributed by atoms with Crippen molar-refractivity contribution in [1.82, 2.24) is 0 Å². The van der Waals surface area contributed by atoms with E-state index in [0.29, 0.717) is 0 Å². The second-order valence-electron chi connectivity index (χ2n) is 3.17. The van der Waals surface area contributed by atoms with Crippen LogP contribution in [-0.4, -0.2) is 36.0 Å². The van der Waals surface area contributed by atoms with E-state index in [1.807, 2.05) is 0 Å². The molecule has 92 valence electrons. The molecule has 0 N–H and O–H groups in total. The zero-order valence-corrected chi connectivity index (χ0v) is 13.8. The van der Waals surface area contributed by atoms with Crippen molar-refractivity contribution >= 4 is 14.7 Å². The third-order valence-corrected chi connectivity index (χ3v) is 12.9. The molecule has 8 heteroatoms. The van der Waals surface area contributed by atoms with Crippen LogP contribution in [0.1, 0.15) is 6.42 Å². The molecule has 0 fully saturated rings. The minimum absolute atomic E-state index is 0.217. The van der Waals surface area contributed by atoms with E-state index in [1.165, 1.54) is 27.4 Å². The predicted octanol–water partition coefficient (Wildman–Crippen LogP) is 2.43. The van der Waals surface area contributed by atoms with Crippen molar-refractivity contribution in [2.75, 3.05) is 21.3 Å². The Morgan fingerprint density at radius 3 is 2.00 bits per heavy atom. The van der Waals surface area contributed by atoms with E-state index in [-0.39, 0.29) is 9.70 Å². The Bertz CT molecular complexity index is 315. The molecule has 0 aromatic rings. The Morgan fingerprint density at radius 2 is 1.62 bits per heavy atom. The van der Waals surface area contributed by atoms with E-state index < -0.39 is 40.7 Å². The molecule has 0 aromatic heterocycles. The number of hydrogen-bond donors (Lipinski definition) is 0. The Morgan fingerprint density at radius 1 is 1.12 bits per heavy atom. The molecule has 0 spiro atoms. The standard InChI is InChI=1S/C5H4F3Ge.3CH3O.Zr/c6-9(7,8)5-3-1-2-4-5;3*1-2;/h1,3H,2H2;3*1H3;/q;3*-1;+3. The SMILES string of the molecule is C[O][Zr]([O]C)([O]C)[C]1=[C]([Ge]([F])([F])[F])C=CC1. The topological polar surface area (TPSA) is 27.7 Å². The summed E-state index contributed by atoms with van der Waals surface area (Å²) in [5.41, 5.74) is 0. The molecule has 0 atom stereocenters. The molecule has 0 aliphatic heterocycles. The average molecular weight is 378 g/mol. The van der Waals surface area contributed by atoms with E-state index in [4.69, 9.17) is 8.44 Å². The number of rotatable bonds is 5. The van der Waals surface area contributed by atoms with Crippen LogP contribution in [0, 0.1) is 0 Å². The molecule has 0 radical (unpaired) electrons. The van der Waals surface area contributed by atoms with E-state index in [2.05, 4.69) is 0 Å². The number of halogens is 3. The van der Waals surface area contributed by atoms with Gasteiger partial charge in [0.05, 0.1) is 0 Å². The number of allylic oxidation sites excluding steroid dienone is 4. The molecular formula is C8H13F3GeO3Zr. The van der Waals surface area contributed by atoms with Crippen molar-refractivity contribution in [1.29, 1.82) is 0 Å². The van der Waals surface area contributed by atoms with Crippen LogP contribution in [0.15, 0.2) is 19.8 Å². The molecule has 16 heavy (non-hydrogen) atoms. The zero-order chi connectivity index (χ0) is 12.4. The first-order valence-electron chi connectivity index (χ1n) is 4.54. The fourth-order valence-electron chi connectivity index (χ4n) is 1.68. The van der Waals surface area contributed by atoms with Gasteiger partial charge in [0.2, 0.25) is 0 Å².